The lowest BCUT2D eigenvalue weighted by Gasteiger charge is -2.42. The maximum absolute atomic E-state index is 11.2. The molecule has 12 atom stereocenters. The Hall–Kier alpha value is -1.38. The molecule has 2 nitrogen and oxygen atoms in total. The van der Waals surface area contributed by atoms with Crippen molar-refractivity contribution >= 4 is 0 Å². The molecule has 0 aromatic rings. The van der Waals surface area contributed by atoms with Crippen LogP contribution in [0.5, 0.6) is 0 Å². The summed E-state index contributed by atoms with van der Waals surface area (Å²) >= 11 is 0. The summed E-state index contributed by atoms with van der Waals surface area (Å²) < 4.78 is 0. The minimum atomic E-state index is -0.384. The smallest absolute Gasteiger partial charge is 0.0580 e. The Balaban J connectivity index is 1.88. The minimum absolute atomic E-state index is 0.134. The second-order valence-electron chi connectivity index (χ2n) is 14.8. The van der Waals surface area contributed by atoms with Gasteiger partial charge in [0.1, 0.15) is 0 Å². The molecule has 0 radical (unpaired) electrons. The highest BCUT2D eigenvalue weighted by Crippen LogP contribution is 2.47. The van der Waals surface area contributed by atoms with Gasteiger partial charge in [0.05, 0.1) is 12.2 Å². The zero-order chi connectivity index (χ0) is 30.4. The van der Waals surface area contributed by atoms with E-state index in [1.165, 1.54) is 30.4 Å². The van der Waals surface area contributed by atoms with Gasteiger partial charge in [0.15, 0.2) is 0 Å². The van der Waals surface area contributed by atoms with E-state index < -0.39 is 0 Å². The van der Waals surface area contributed by atoms with Crippen LogP contribution in [0.4, 0.5) is 0 Å². The quantitative estimate of drug-likeness (QED) is 0.218. The van der Waals surface area contributed by atoms with E-state index >= 15 is 0 Å². The molecule has 0 aliphatic heterocycles. The van der Waals surface area contributed by atoms with Crippen LogP contribution in [0.2, 0.25) is 0 Å². The molecule has 3 rings (SSSR count). The van der Waals surface area contributed by atoms with Crippen molar-refractivity contribution in [2.24, 2.45) is 59.2 Å². The summed E-state index contributed by atoms with van der Waals surface area (Å²) in [4.78, 5) is 0. The van der Waals surface area contributed by atoms with Crippen LogP contribution in [0.15, 0.2) is 59.3 Å². The van der Waals surface area contributed by atoms with E-state index in [0.717, 1.165) is 43.9 Å². The molecule has 2 N–H and O–H groups in total. The molecule has 0 fully saturated rings. The van der Waals surface area contributed by atoms with E-state index in [0.29, 0.717) is 35.5 Å². The Morgan fingerprint density at radius 3 is 2.39 bits per heavy atom. The topological polar surface area (TPSA) is 40.5 Å². The Labute approximate surface area is 254 Å². The third-order valence-electron chi connectivity index (χ3n) is 11.6. The first-order chi connectivity index (χ1) is 19.3. The van der Waals surface area contributed by atoms with E-state index in [4.69, 9.17) is 0 Å². The SMILES string of the molecule is C=C(CC(CC(C1=C(C)C=C[C@@H](C)C1)[C@H](C)C(C)C1C=C(C)C(CCC)C(C)C1)C(C)O)C1CCC=CC1C(C)O. The highest BCUT2D eigenvalue weighted by molar-refractivity contribution is 5.31. The molecule has 232 valence electrons. The number of aliphatic hydroxyl groups is 2. The van der Waals surface area contributed by atoms with Gasteiger partial charge in [-0.25, -0.2) is 0 Å². The number of aliphatic hydroxyl groups excluding tert-OH is 2. The monoisotopic (exact) mass is 564 g/mol. The molecule has 3 aliphatic carbocycles. The number of hydrogen-bond acceptors (Lipinski definition) is 2. The standard InChI is InChI=1S/C39H64O2/c1-11-14-35-26(4)20-33(21-27(35)5)29(7)30(8)39(38-19-24(2)17-18-25(38)3)23-34(31(9)40)22-28(6)36-15-12-13-16-37(36)32(10)41/h13,16-18,20,24,27,29-37,39-41H,6,11-12,14-15,19,21-23H2,1-5,7-10H3/t24-,27?,29?,30-,31?,32?,33?,34?,35?,36?,37?,39?/m1/s1. The van der Waals surface area contributed by atoms with Gasteiger partial charge in [0.25, 0.3) is 0 Å². The fraction of sp³-hybridized carbons (Fsp3) is 0.744. The lowest BCUT2D eigenvalue weighted by atomic mass is 9.63. The molecule has 0 bridgehead atoms. The molecule has 41 heavy (non-hydrogen) atoms. The summed E-state index contributed by atoms with van der Waals surface area (Å²) in [5.74, 6) is 4.83. The zero-order valence-corrected chi connectivity index (χ0v) is 28.1. The lowest BCUT2D eigenvalue weighted by Crippen LogP contribution is -2.34. The number of allylic oxidation sites excluding steroid dienone is 8. The zero-order valence-electron chi connectivity index (χ0n) is 28.1. The number of rotatable bonds is 13. The van der Waals surface area contributed by atoms with Crippen LogP contribution < -0.4 is 0 Å². The van der Waals surface area contributed by atoms with Crippen molar-refractivity contribution in [3.63, 3.8) is 0 Å². The van der Waals surface area contributed by atoms with E-state index in [1.807, 2.05) is 13.8 Å². The van der Waals surface area contributed by atoms with Gasteiger partial charge < -0.3 is 10.2 Å². The van der Waals surface area contributed by atoms with Crippen LogP contribution in [0, 0.1) is 59.2 Å². The Bertz CT molecular complexity index is 978. The predicted molar refractivity (Wildman–Crippen MR) is 177 cm³/mol. The average molecular weight is 565 g/mol. The third-order valence-corrected chi connectivity index (χ3v) is 11.6. The van der Waals surface area contributed by atoms with E-state index in [9.17, 15) is 10.2 Å². The van der Waals surface area contributed by atoms with Crippen molar-refractivity contribution in [2.45, 2.75) is 126 Å². The van der Waals surface area contributed by atoms with E-state index in [2.05, 4.69) is 85.4 Å². The maximum atomic E-state index is 11.2. The Morgan fingerprint density at radius 2 is 1.78 bits per heavy atom. The fourth-order valence-electron chi connectivity index (χ4n) is 8.72. The second kappa shape index (κ2) is 15.4. The van der Waals surface area contributed by atoms with Crippen LogP contribution in [-0.4, -0.2) is 22.4 Å². The van der Waals surface area contributed by atoms with Crippen LogP contribution in [-0.2, 0) is 0 Å². The van der Waals surface area contributed by atoms with Crippen molar-refractivity contribution in [3.8, 4) is 0 Å². The van der Waals surface area contributed by atoms with E-state index in [-0.39, 0.29) is 24.0 Å². The second-order valence-corrected chi connectivity index (χ2v) is 14.8. The van der Waals surface area contributed by atoms with Gasteiger partial charge in [0, 0.05) is 5.92 Å². The molecule has 0 spiro atoms. The van der Waals surface area contributed by atoms with Gasteiger partial charge in [0.2, 0.25) is 0 Å². The first-order valence-electron chi connectivity index (χ1n) is 17.1. The summed E-state index contributed by atoms with van der Waals surface area (Å²) in [6, 6.07) is 0. The molecule has 10 unspecified atom stereocenters. The van der Waals surface area contributed by atoms with Gasteiger partial charge in [-0.1, -0.05) is 100 Å². The third kappa shape index (κ3) is 8.60. The molecular weight excluding hydrogens is 500 g/mol. The molecule has 0 saturated carbocycles. The molecule has 0 heterocycles. The minimum Gasteiger partial charge on any atom is -0.393 e. The highest BCUT2D eigenvalue weighted by Gasteiger charge is 2.38. The van der Waals surface area contributed by atoms with Crippen LogP contribution in [0.1, 0.15) is 114 Å². The van der Waals surface area contributed by atoms with Crippen molar-refractivity contribution in [1.29, 1.82) is 0 Å². The number of hydrogen-bond donors (Lipinski definition) is 2. The van der Waals surface area contributed by atoms with Crippen molar-refractivity contribution in [1.82, 2.24) is 0 Å². The van der Waals surface area contributed by atoms with Gasteiger partial charge in [-0.3, -0.25) is 0 Å². The van der Waals surface area contributed by atoms with Gasteiger partial charge in [-0.15, -0.1) is 0 Å². The summed E-state index contributed by atoms with van der Waals surface area (Å²) in [5, 5.41) is 21.7. The first-order valence-corrected chi connectivity index (χ1v) is 17.1. The molecule has 0 aromatic carbocycles. The van der Waals surface area contributed by atoms with E-state index in [1.54, 1.807) is 11.1 Å². The fourth-order valence-corrected chi connectivity index (χ4v) is 8.72. The van der Waals surface area contributed by atoms with Gasteiger partial charge in [-0.2, -0.15) is 0 Å². The van der Waals surface area contributed by atoms with Gasteiger partial charge >= 0.3 is 0 Å². The summed E-state index contributed by atoms with van der Waals surface area (Å²) in [5.41, 5.74) is 5.89. The Morgan fingerprint density at radius 1 is 1.07 bits per heavy atom. The summed E-state index contributed by atoms with van der Waals surface area (Å²) in [7, 11) is 0. The van der Waals surface area contributed by atoms with Crippen molar-refractivity contribution in [2.75, 3.05) is 0 Å². The molecule has 0 aromatic heterocycles. The van der Waals surface area contributed by atoms with Gasteiger partial charge in [-0.05, 0) is 126 Å². The average Bonchev–Trinajstić information content (AvgIpc) is 2.93. The lowest BCUT2D eigenvalue weighted by molar-refractivity contribution is 0.0865. The molecule has 2 heteroatoms. The van der Waals surface area contributed by atoms with Crippen molar-refractivity contribution in [3.05, 3.63) is 59.3 Å². The molecular formula is C39H64O2. The van der Waals surface area contributed by atoms with Crippen LogP contribution in [0.25, 0.3) is 0 Å². The van der Waals surface area contributed by atoms with Crippen LogP contribution in [0.3, 0.4) is 0 Å². The highest BCUT2D eigenvalue weighted by atomic mass is 16.3. The van der Waals surface area contributed by atoms with Crippen molar-refractivity contribution < 1.29 is 10.2 Å². The van der Waals surface area contributed by atoms with Crippen LogP contribution >= 0.6 is 0 Å². The maximum Gasteiger partial charge on any atom is 0.0580 e. The predicted octanol–water partition coefficient (Wildman–Crippen LogP) is 10.1. The molecule has 0 saturated heterocycles. The largest absolute Gasteiger partial charge is 0.393 e. The normalized spacial score (nSPS) is 33.1. The molecule has 0 amide bonds. The summed E-state index contributed by atoms with van der Waals surface area (Å²) in [6.45, 7) is 25.3. The Kier molecular flexibility index (Phi) is 12.8. The first kappa shape index (κ1) is 34.1. The molecule has 3 aliphatic rings. The summed E-state index contributed by atoms with van der Waals surface area (Å²) in [6.07, 6.45) is 20.0.